The van der Waals surface area contributed by atoms with Crippen LogP contribution >= 0.6 is 0 Å². The van der Waals surface area contributed by atoms with Crippen LogP contribution in [0.3, 0.4) is 0 Å². The Balaban J connectivity index is 1.91. The number of ether oxygens (including phenoxy) is 1. The lowest BCUT2D eigenvalue weighted by molar-refractivity contribution is 0.316. The molecule has 1 aliphatic heterocycles. The molecule has 0 spiro atoms. The second kappa shape index (κ2) is 5.80. The van der Waals surface area contributed by atoms with Gasteiger partial charge in [-0.05, 0) is 31.9 Å². The highest BCUT2D eigenvalue weighted by Gasteiger charge is 2.20. The molecule has 2 heterocycles. The molecule has 0 bridgehead atoms. The van der Waals surface area contributed by atoms with Crippen LogP contribution < -0.4 is 10.1 Å². The van der Waals surface area contributed by atoms with Crippen molar-refractivity contribution < 1.29 is 4.74 Å². The monoisotopic (exact) mass is 280 g/mol. The van der Waals surface area contributed by atoms with Crippen molar-refractivity contribution in [2.75, 3.05) is 11.9 Å². The van der Waals surface area contributed by atoms with Crippen LogP contribution in [0.4, 0.5) is 5.95 Å². The quantitative estimate of drug-likeness (QED) is 0.915. The minimum absolute atomic E-state index is 0.0945. The minimum atomic E-state index is 0.0945. The number of aromatic nitrogens is 2. The molecule has 1 aromatic heterocycles. The third-order valence-corrected chi connectivity index (χ3v) is 3.46. The van der Waals surface area contributed by atoms with Crippen LogP contribution in [0.1, 0.15) is 35.8 Å². The zero-order chi connectivity index (χ0) is 14.7. The number of hydrogen-bond donors (Lipinski definition) is 1. The van der Waals surface area contributed by atoms with E-state index in [4.69, 9.17) is 10.00 Å². The molecule has 2 aromatic rings. The van der Waals surface area contributed by atoms with Gasteiger partial charge in [0.2, 0.25) is 5.95 Å². The zero-order valence-corrected chi connectivity index (χ0v) is 11.8. The standard InChI is InChI=1S/C16H16N4O/c1-11-9-12(10-17)19-16(18-11)20-14-6-4-8-21-15-7-3-2-5-13(14)15/h2-3,5,7,9,14H,4,6,8H2,1H3,(H,18,19,20). The predicted molar refractivity (Wildman–Crippen MR) is 79.0 cm³/mol. The van der Waals surface area contributed by atoms with Gasteiger partial charge in [0.25, 0.3) is 0 Å². The predicted octanol–water partition coefficient (Wildman–Crippen LogP) is 2.98. The van der Waals surface area contributed by atoms with Gasteiger partial charge in [-0.15, -0.1) is 0 Å². The summed E-state index contributed by atoms with van der Waals surface area (Å²) in [6, 6.07) is 11.8. The molecule has 3 rings (SSSR count). The van der Waals surface area contributed by atoms with Gasteiger partial charge in [-0.25, -0.2) is 9.97 Å². The summed E-state index contributed by atoms with van der Waals surface area (Å²) in [5.41, 5.74) is 2.27. The number of nitrogens with zero attached hydrogens (tertiary/aromatic N) is 3. The van der Waals surface area contributed by atoms with Gasteiger partial charge in [-0.3, -0.25) is 0 Å². The van der Waals surface area contributed by atoms with Crippen LogP contribution in [0.2, 0.25) is 0 Å². The van der Waals surface area contributed by atoms with Gasteiger partial charge in [0, 0.05) is 11.3 Å². The first-order chi connectivity index (χ1) is 10.3. The van der Waals surface area contributed by atoms with Crippen LogP contribution in [0.5, 0.6) is 5.75 Å². The summed E-state index contributed by atoms with van der Waals surface area (Å²) in [6.07, 6.45) is 1.90. The summed E-state index contributed by atoms with van der Waals surface area (Å²) in [7, 11) is 0. The average Bonchev–Trinajstić information content (AvgIpc) is 2.69. The van der Waals surface area contributed by atoms with Crippen LogP contribution in [-0.4, -0.2) is 16.6 Å². The van der Waals surface area contributed by atoms with Crippen molar-refractivity contribution in [1.82, 2.24) is 9.97 Å². The van der Waals surface area contributed by atoms with Gasteiger partial charge in [0.05, 0.1) is 12.6 Å². The largest absolute Gasteiger partial charge is 0.493 e. The first kappa shape index (κ1) is 13.4. The molecule has 1 aliphatic rings. The molecule has 106 valence electrons. The van der Waals surface area contributed by atoms with Crippen molar-refractivity contribution in [2.24, 2.45) is 0 Å². The third kappa shape index (κ3) is 2.95. The number of hydrogen-bond acceptors (Lipinski definition) is 5. The van der Waals surface area contributed by atoms with Crippen molar-refractivity contribution in [2.45, 2.75) is 25.8 Å². The Morgan fingerprint density at radius 3 is 3.05 bits per heavy atom. The fraction of sp³-hybridized carbons (Fsp3) is 0.312. The molecule has 0 radical (unpaired) electrons. The molecule has 0 saturated carbocycles. The number of anilines is 1. The van der Waals surface area contributed by atoms with E-state index in [1.165, 1.54) is 0 Å². The number of benzene rings is 1. The lowest BCUT2D eigenvalue weighted by Gasteiger charge is -2.18. The highest BCUT2D eigenvalue weighted by molar-refractivity contribution is 5.42. The van der Waals surface area contributed by atoms with Gasteiger partial charge in [-0.1, -0.05) is 18.2 Å². The lowest BCUT2D eigenvalue weighted by Crippen LogP contribution is -2.13. The second-order valence-corrected chi connectivity index (χ2v) is 5.06. The average molecular weight is 280 g/mol. The molecular weight excluding hydrogens is 264 g/mol. The van der Waals surface area contributed by atoms with E-state index in [1.807, 2.05) is 25.1 Å². The number of nitriles is 1. The van der Waals surface area contributed by atoms with Crippen molar-refractivity contribution >= 4 is 5.95 Å². The first-order valence-electron chi connectivity index (χ1n) is 7.00. The molecule has 1 N–H and O–H groups in total. The van der Waals surface area contributed by atoms with E-state index in [0.29, 0.717) is 18.2 Å². The highest BCUT2D eigenvalue weighted by Crippen LogP contribution is 2.33. The van der Waals surface area contributed by atoms with Gasteiger partial charge >= 0.3 is 0 Å². The van der Waals surface area contributed by atoms with Gasteiger partial charge in [0.1, 0.15) is 17.5 Å². The number of aryl methyl sites for hydroxylation is 1. The number of nitrogens with one attached hydrogen (secondary N) is 1. The lowest BCUT2D eigenvalue weighted by atomic mass is 10.0. The molecular formula is C16H16N4O. The van der Waals surface area contributed by atoms with E-state index in [0.717, 1.165) is 29.8 Å². The van der Waals surface area contributed by atoms with Crippen molar-refractivity contribution in [1.29, 1.82) is 5.26 Å². The van der Waals surface area contributed by atoms with Crippen molar-refractivity contribution in [3.63, 3.8) is 0 Å². The summed E-state index contributed by atoms with van der Waals surface area (Å²) in [5.74, 6) is 1.40. The number of fused-ring (bicyclic) bond motifs is 1. The summed E-state index contributed by atoms with van der Waals surface area (Å²) in [4.78, 5) is 8.59. The Labute approximate surface area is 123 Å². The molecule has 5 heteroatoms. The Morgan fingerprint density at radius 1 is 1.33 bits per heavy atom. The molecule has 0 fully saturated rings. The van der Waals surface area contributed by atoms with Crippen molar-refractivity contribution in [3.05, 3.63) is 47.3 Å². The van der Waals surface area contributed by atoms with E-state index < -0.39 is 0 Å². The first-order valence-corrected chi connectivity index (χ1v) is 7.00. The molecule has 1 atom stereocenters. The zero-order valence-electron chi connectivity index (χ0n) is 11.8. The van der Waals surface area contributed by atoms with E-state index >= 15 is 0 Å². The SMILES string of the molecule is Cc1cc(C#N)nc(NC2CCCOc3ccccc32)n1. The van der Waals surface area contributed by atoms with E-state index in [2.05, 4.69) is 27.4 Å². The van der Waals surface area contributed by atoms with Crippen LogP contribution in [0.25, 0.3) is 0 Å². The van der Waals surface area contributed by atoms with Crippen LogP contribution in [0.15, 0.2) is 30.3 Å². The summed E-state index contributed by atoms with van der Waals surface area (Å²) < 4.78 is 5.75. The molecule has 21 heavy (non-hydrogen) atoms. The second-order valence-electron chi connectivity index (χ2n) is 5.06. The van der Waals surface area contributed by atoms with Crippen molar-refractivity contribution in [3.8, 4) is 11.8 Å². The summed E-state index contributed by atoms with van der Waals surface area (Å²) in [5, 5.41) is 12.3. The smallest absolute Gasteiger partial charge is 0.224 e. The van der Waals surface area contributed by atoms with E-state index in [1.54, 1.807) is 6.07 Å². The normalized spacial score (nSPS) is 17.0. The summed E-state index contributed by atoms with van der Waals surface area (Å²) >= 11 is 0. The Hall–Kier alpha value is -2.61. The minimum Gasteiger partial charge on any atom is -0.493 e. The van der Waals surface area contributed by atoms with Crippen LogP contribution in [-0.2, 0) is 0 Å². The molecule has 0 amide bonds. The molecule has 5 nitrogen and oxygen atoms in total. The van der Waals surface area contributed by atoms with Gasteiger partial charge < -0.3 is 10.1 Å². The third-order valence-electron chi connectivity index (χ3n) is 3.46. The summed E-state index contributed by atoms with van der Waals surface area (Å²) in [6.45, 7) is 2.57. The maximum Gasteiger partial charge on any atom is 0.224 e. The molecule has 0 aliphatic carbocycles. The fourth-order valence-electron chi connectivity index (χ4n) is 2.52. The maximum atomic E-state index is 9.01. The van der Waals surface area contributed by atoms with E-state index in [9.17, 15) is 0 Å². The van der Waals surface area contributed by atoms with Gasteiger partial charge in [0.15, 0.2) is 0 Å². The Kier molecular flexibility index (Phi) is 3.69. The van der Waals surface area contributed by atoms with Crippen LogP contribution in [0, 0.1) is 18.3 Å². The Bertz CT molecular complexity index is 693. The highest BCUT2D eigenvalue weighted by atomic mass is 16.5. The number of rotatable bonds is 2. The number of para-hydroxylation sites is 1. The molecule has 0 saturated heterocycles. The maximum absolute atomic E-state index is 9.01. The Morgan fingerprint density at radius 2 is 2.19 bits per heavy atom. The fourth-order valence-corrected chi connectivity index (χ4v) is 2.52. The van der Waals surface area contributed by atoms with E-state index in [-0.39, 0.29) is 6.04 Å². The topological polar surface area (TPSA) is 70.8 Å². The molecule has 1 aromatic carbocycles. The molecule has 1 unspecified atom stereocenters. The van der Waals surface area contributed by atoms with Gasteiger partial charge in [-0.2, -0.15) is 5.26 Å².